The van der Waals surface area contributed by atoms with Crippen LogP contribution in [0.5, 0.6) is 0 Å². The van der Waals surface area contributed by atoms with Crippen LogP contribution < -0.4 is 0 Å². The zero-order chi connectivity index (χ0) is 29.3. The molecule has 0 amide bonds. The van der Waals surface area contributed by atoms with E-state index in [0.29, 0.717) is 16.9 Å². The zero-order valence-electron chi connectivity index (χ0n) is 23.1. The van der Waals surface area contributed by atoms with Gasteiger partial charge in [0.1, 0.15) is 0 Å². The molecule has 4 aromatic carbocycles. The maximum Gasteiger partial charge on any atom is 0.381 e. The summed E-state index contributed by atoms with van der Waals surface area (Å²) in [5, 5.41) is 5.22. The van der Waals surface area contributed by atoms with Crippen LogP contribution in [0.15, 0.2) is 104 Å². The van der Waals surface area contributed by atoms with Crippen LogP contribution in [0, 0.1) is 26.0 Å². The van der Waals surface area contributed by atoms with Crippen molar-refractivity contribution < 1.29 is 33.3 Å². The number of aryl methyl sites for hydroxylation is 2. The van der Waals surface area contributed by atoms with Crippen molar-refractivity contribution in [2.24, 2.45) is 0 Å². The van der Waals surface area contributed by atoms with Crippen LogP contribution in [0.2, 0.25) is 0 Å². The standard InChI is InChI=1S/C18H9F3N3.C17H14N.Ir/c19-18(20,21)13-4-1-11(2-5-13)17-23-10-15-14-7-8-22-9-12(14)3-6-16(15)24-17;1-12-9-13(2)11-15(10-12)17-16-6-4-3-5-14(16)7-8-18-17;/h1,3-10H;3-10H,1-2H3;/q2*-1;. The fourth-order valence-electron chi connectivity index (χ4n) is 4.91. The van der Waals surface area contributed by atoms with Crippen LogP contribution in [0.1, 0.15) is 16.7 Å². The van der Waals surface area contributed by atoms with Gasteiger partial charge in [-0.1, -0.05) is 44.2 Å². The van der Waals surface area contributed by atoms with E-state index in [-0.39, 0.29) is 20.1 Å². The summed E-state index contributed by atoms with van der Waals surface area (Å²) in [4.78, 5) is 17.3. The number of aromatic nitrogens is 4. The number of hydrogen-bond donors (Lipinski definition) is 0. The second kappa shape index (κ2) is 12.4. The topological polar surface area (TPSA) is 51.6 Å². The van der Waals surface area contributed by atoms with E-state index in [4.69, 9.17) is 0 Å². The van der Waals surface area contributed by atoms with Crippen LogP contribution in [0.3, 0.4) is 0 Å². The number of hydrogen-bond acceptors (Lipinski definition) is 4. The Balaban J connectivity index is 0.000000174. The molecule has 0 N–H and O–H groups in total. The summed E-state index contributed by atoms with van der Waals surface area (Å²) < 4.78 is 37.9. The maximum atomic E-state index is 12.6. The molecule has 0 saturated carbocycles. The van der Waals surface area contributed by atoms with Gasteiger partial charge in [0.15, 0.2) is 0 Å². The normalized spacial score (nSPS) is 11.2. The van der Waals surface area contributed by atoms with E-state index < -0.39 is 11.7 Å². The third kappa shape index (κ3) is 6.46. The first-order chi connectivity index (χ1) is 20.3. The first-order valence-corrected chi connectivity index (χ1v) is 13.2. The van der Waals surface area contributed by atoms with Gasteiger partial charge in [0.05, 0.1) is 11.3 Å². The molecule has 7 aromatic rings. The second-order valence-corrected chi connectivity index (χ2v) is 9.91. The molecule has 7 rings (SSSR count). The van der Waals surface area contributed by atoms with E-state index in [1.165, 1.54) is 22.4 Å². The van der Waals surface area contributed by atoms with Gasteiger partial charge >= 0.3 is 6.18 Å². The van der Waals surface area contributed by atoms with Crippen molar-refractivity contribution in [3.63, 3.8) is 0 Å². The summed E-state index contributed by atoms with van der Waals surface area (Å²) in [5.41, 5.74) is 4.87. The first-order valence-electron chi connectivity index (χ1n) is 13.2. The van der Waals surface area contributed by atoms with Gasteiger partial charge in [0.2, 0.25) is 0 Å². The van der Waals surface area contributed by atoms with Gasteiger partial charge in [-0.2, -0.15) is 13.2 Å². The molecule has 3 aromatic heterocycles. The largest absolute Gasteiger partial charge is 0.381 e. The molecule has 43 heavy (non-hydrogen) atoms. The molecule has 4 nitrogen and oxygen atoms in total. The van der Waals surface area contributed by atoms with Crippen molar-refractivity contribution in [3.8, 4) is 22.6 Å². The molecule has 3 heterocycles. The Hall–Kier alpha value is -4.52. The Morgan fingerprint density at radius 3 is 2.33 bits per heavy atom. The average molecular weight is 749 g/mol. The minimum atomic E-state index is -4.38. The summed E-state index contributed by atoms with van der Waals surface area (Å²) in [5.74, 6) is 0.338. The fraction of sp³-hybridized carbons (Fsp3) is 0.0857. The summed E-state index contributed by atoms with van der Waals surface area (Å²) in [6.45, 7) is 4.18. The maximum absolute atomic E-state index is 12.6. The molecule has 1 radical (unpaired) electrons. The molecular formula is C35H23F3IrN4-2. The van der Waals surface area contributed by atoms with Crippen LogP contribution in [0.4, 0.5) is 13.2 Å². The number of nitrogens with zero attached hydrogens (tertiary/aromatic N) is 4. The SMILES string of the molecule is Cc1[c-]c(-c2nccc3ccccc23)cc(C)c1.FC(F)(F)c1c[c-]c(-c2ncc3c(ccc4cnccc43)n2)cc1.[Ir]. The molecule has 0 aliphatic heterocycles. The Kier molecular flexibility index (Phi) is 8.62. The van der Waals surface area contributed by atoms with E-state index in [1.807, 2.05) is 30.5 Å². The second-order valence-electron chi connectivity index (χ2n) is 9.91. The number of benzene rings is 4. The number of rotatable bonds is 2. The number of halogens is 3. The minimum Gasteiger partial charge on any atom is -0.304 e. The summed E-state index contributed by atoms with van der Waals surface area (Å²) in [6.07, 6.45) is 2.60. The molecular weight excluding hydrogens is 726 g/mol. The zero-order valence-corrected chi connectivity index (χ0v) is 25.5. The Morgan fingerprint density at radius 1 is 0.721 bits per heavy atom. The van der Waals surface area contributed by atoms with Gasteiger partial charge in [0.25, 0.3) is 0 Å². The quantitative estimate of drug-likeness (QED) is 0.131. The molecule has 0 aliphatic rings. The van der Waals surface area contributed by atoms with E-state index in [2.05, 4.69) is 82.3 Å². The van der Waals surface area contributed by atoms with Crippen LogP contribution >= 0.6 is 0 Å². The van der Waals surface area contributed by atoms with Gasteiger partial charge in [-0.15, -0.1) is 64.7 Å². The fourth-order valence-corrected chi connectivity index (χ4v) is 4.91. The molecule has 0 spiro atoms. The molecule has 8 heteroatoms. The van der Waals surface area contributed by atoms with E-state index in [1.54, 1.807) is 18.6 Å². The van der Waals surface area contributed by atoms with Gasteiger partial charge in [0, 0.05) is 55.7 Å². The van der Waals surface area contributed by atoms with Crippen molar-refractivity contribution in [2.45, 2.75) is 20.0 Å². The number of fused-ring (bicyclic) bond motifs is 4. The van der Waals surface area contributed by atoms with Gasteiger partial charge in [-0.3, -0.25) is 15.0 Å². The number of pyridine rings is 2. The smallest absolute Gasteiger partial charge is 0.304 e. The van der Waals surface area contributed by atoms with E-state index >= 15 is 0 Å². The molecule has 0 atom stereocenters. The van der Waals surface area contributed by atoms with E-state index in [0.717, 1.165) is 45.1 Å². The molecule has 215 valence electrons. The molecule has 0 bridgehead atoms. The van der Waals surface area contributed by atoms with Crippen molar-refractivity contribution >= 4 is 32.4 Å². The van der Waals surface area contributed by atoms with E-state index in [9.17, 15) is 13.2 Å². The average Bonchev–Trinajstić information content (AvgIpc) is 3.00. The van der Waals surface area contributed by atoms with Crippen molar-refractivity contribution in [3.05, 3.63) is 132 Å². The van der Waals surface area contributed by atoms with Crippen LogP contribution in [-0.2, 0) is 26.3 Å². The number of alkyl halides is 3. The predicted molar refractivity (Wildman–Crippen MR) is 160 cm³/mol. The van der Waals surface area contributed by atoms with Crippen LogP contribution in [-0.4, -0.2) is 19.9 Å². The summed E-state index contributed by atoms with van der Waals surface area (Å²) in [6, 6.07) is 29.5. The molecule has 0 fully saturated rings. The predicted octanol–water partition coefficient (Wildman–Crippen LogP) is 8.98. The van der Waals surface area contributed by atoms with Gasteiger partial charge < -0.3 is 4.98 Å². The molecule has 0 aliphatic carbocycles. The summed E-state index contributed by atoms with van der Waals surface area (Å²) in [7, 11) is 0. The third-order valence-electron chi connectivity index (χ3n) is 6.84. The first kappa shape index (κ1) is 30.0. The minimum absolute atomic E-state index is 0. The van der Waals surface area contributed by atoms with Crippen molar-refractivity contribution in [2.75, 3.05) is 0 Å². The van der Waals surface area contributed by atoms with Gasteiger partial charge in [-0.05, 0) is 45.6 Å². The molecule has 0 unspecified atom stereocenters. The Bertz CT molecular complexity index is 2030. The monoisotopic (exact) mass is 749 g/mol. The Morgan fingerprint density at radius 2 is 1.56 bits per heavy atom. The van der Waals surface area contributed by atoms with Crippen molar-refractivity contribution in [1.29, 1.82) is 0 Å². The van der Waals surface area contributed by atoms with Gasteiger partial charge in [-0.25, -0.2) is 0 Å². The third-order valence-corrected chi connectivity index (χ3v) is 6.84. The van der Waals surface area contributed by atoms with Crippen LogP contribution in [0.25, 0.3) is 55.1 Å². The molecule has 0 saturated heterocycles. The summed E-state index contributed by atoms with van der Waals surface area (Å²) >= 11 is 0. The van der Waals surface area contributed by atoms with Crippen molar-refractivity contribution in [1.82, 2.24) is 19.9 Å². The Labute approximate surface area is 260 Å².